The molecule has 3 rings (SSSR count). The van der Waals surface area contributed by atoms with Gasteiger partial charge in [-0.3, -0.25) is 10.1 Å². The van der Waals surface area contributed by atoms with Gasteiger partial charge in [0.1, 0.15) is 11.5 Å². The number of nitrogens with zero attached hydrogens (tertiary/aromatic N) is 1. The lowest BCUT2D eigenvalue weighted by atomic mass is 10.2. The van der Waals surface area contributed by atoms with E-state index in [0.717, 1.165) is 11.3 Å². The highest BCUT2D eigenvalue weighted by Crippen LogP contribution is 2.25. The molecule has 0 fully saturated rings. The number of rotatable bonds is 6. The first-order valence-corrected chi connectivity index (χ1v) is 8.66. The van der Waals surface area contributed by atoms with Gasteiger partial charge in [-0.2, -0.15) is 0 Å². The lowest BCUT2D eigenvalue weighted by Gasteiger charge is -2.14. The predicted octanol–water partition coefficient (Wildman–Crippen LogP) is 4.22. The van der Waals surface area contributed by atoms with Crippen LogP contribution in [0.25, 0.3) is 11.3 Å². The van der Waals surface area contributed by atoms with Gasteiger partial charge in [-0.25, -0.2) is 4.98 Å². The lowest BCUT2D eigenvalue weighted by molar-refractivity contribution is -0.122. The summed E-state index contributed by atoms with van der Waals surface area (Å²) < 4.78 is 10.8. The largest absolute Gasteiger partial charge is 0.497 e. The van der Waals surface area contributed by atoms with E-state index in [1.807, 2.05) is 47.8 Å². The minimum absolute atomic E-state index is 0.253. The first-order chi connectivity index (χ1) is 12.2. The van der Waals surface area contributed by atoms with Crippen LogP contribution in [0.3, 0.4) is 0 Å². The van der Waals surface area contributed by atoms with E-state index in [4.69, 9.17) is 9.47 Å². The van der Waals surface area contributed by atoms with Gasteiger partial charge < -0.3 is 9.47 Å². The maximum atomic E-state index is 12.3. The van der Waals surface area contributed by atoms with Crippen molar-refractivity contribution >= 4 is 22.4 Å². The average molecular weight is 354 g/mol. The fraction of sp³-hybridized carbons (Fsp3) is 0.158. The van der Waals surface area contributed by atoms with Crippen molar-refractivity contribution < 1.29 is 14.3 Å². The van der Waals surface area contributed by atoms with E-state index in [2.05, 4.69) is 10.3 Å². The molecule has 0 aliphatic rings. The Morgan fingerprint density at radius 2 is 1.88 bits per heavy atom. The third-order valence-electron chi connectivity index (χ3n) is 3.53. The Kier molecular flexibility index (Phi) is 5.30. The monoisotopic (exact) mass is 354 g/mol. The summed E-state index contributed by atoms with van der Waals surface area (Å²) in [4.78, 5) is 16.8. The smallest absolute Gasteiger partial charge is 0.266 e. The summed E-state index contributed by atoms with van der Waals surface area (Å²) in [5.41, 5.74) is 1.85. The van der Waals surface area contributed by atoms with Gasteiger partial charge in [-0.1, -0.05) is 36.4 Å². The third kappa shape index (κ3) is 4.36. The number of methoxy groups -OCH3 is 1. The molecule has 1 unspecified atom stereocenters. The molecule has 2 aromatic carbocycles. The number of ether oxygens (including phenoxy) is 2. The minimum atomic E-state index is -0.656. The second-order valence-corrected chi connectivity index (χ2v) is 6.19. The number of amides is 1. The number of anilines is 1. The molecule has 0 radical (unpaired) electrons. The van der Waals surface area contributed by atoms with Crippen molar-refractivity contribution in [3.05, 3.63) is 60.0 Å². The molecule has 1 N–H and O–H groups in total. The molecule has 5 nitrogen and oxygen atoms in total. The molecule has 0 saturated carbocycles. The Hall–Kier alpha value is -2.86. The van der Waals surface area contributed by atoms with Gasteiger partial charge in [-0.15, -0.1) is 11.3 Å². The number of hydrogen-bond acceptors (Lipinski definition) is 5. The molecule has 0 aliphatic carbocycles. The standard InChI is InChI=1S/C19H18N2O3S/c1-13(24-16-10-6-9-15(11-16)23-2)18(22)21-19-20-17(12-25-19)14-7-4-3-5-8-14/h3-13H,1-2H3,(H,20,21,22). The van der Waals surface area contributed by atoms with Crippen LogP contribution in [-0.4, -0.2) is 24.1 Å². The molecule has 1 heterocycles. The zero-order chi connectivity index (χ0) is 17.6. The summed E-state index contributed by atoms with van der Waals surface area (Å²) in [6.07, 6.45) is -0.656. The number of carbonyl (C=O) groups excluding carboxylic acids is 1. The first-order valence-electron chi connectivity index (χ1n) is 7.78. The Labute approximate surface area is 150 Å². The van der Waals surface area contributed by atoms with Gasteiger partial charge in [0.25, 0.3) is 5.91 Å². The summed E-state index contributed by atoms with van der Waals surface area (Å²) in [6.45, 7) is 1.69. The van der Waals surface area contributed by atoms with E-state index in [0.29, 0.717) is 16.6 Å². The molecule has 3 aromatic rings. The van der Waals surface area contributed by atoms with E-state index in [1.54, 1.807) is 26.2 Å². The van der Waals surface area contributed by atoms with E-state index in [-0.39, 0.29) is 5.91 Å². The van der Waals surface area contributed by atoms with Crippen molar-refractivity contribution in [2.75, 3.05) is 12.4 Å². The Morgan fingerprint density at radius 3 is 2.64 bits per heavy atom. The molecule has 0 spiro atoms. The Balaban J connectivity index is 1.62. The zero-order valence-electron chi connectivity index (χ0n) is 13.9. The summed E-state index contributed by atoms with van der Waals surface area (Å²) in [5, 5.41) is 5.25. The number of thiazole rings is 1. The highest BCUT2D eigenvalue weighted by atomic mass is 32.1. The van der Waals surface area contributed by atoms with Crippen LogP contribution in [0.1, 0.15) is 6.92 Å². The molecule has 1 aromatic heterocycles. The number of benzene rings is 2. The van der Waals surface area contributed by atoms with Crippen molar-refractivity contribution in [2.45, 2.75) is 13.0 Å². The van der Waals surface area contributed by atoms with Crippen LogP contribution in [0.4, 0.5) is 5.13 Å². The summed E-state index contributed by atoms with van der Waals surface area (Å²) >= 11 is 1.38. The van der Waals surface area contributed by atoms with Gasteiger partial charge in [0.15, 0.2) is 11.2 Å². The summed E-state index contributed by atoms with van der Waals surface area (Å²) in [7, 11) is 1.59. The van der Waals surface area contributed by atoms with Gasteiger partial charge >= 0.3 is 0 Å². The zero-order valence-corrected chi connectivity index (χ0v) is 14.7. The SMILES string of the molecule is COc1cccc(OC(C)C(=O)Nc2nc(-c3ccccc3)cs2)c1. The maximum absolute atomic E-state index is 12.3. The van der Waals surface area contributed by atoms with Crippen LogP contribution < -0.4 is 14.8 Å². The highest BCUT2D eigenvalue weighted by molar-refractivity contribution is 7.14. The van der Waals surface area contributed by atoms with Crippen LogP contribution in [0.5, 0.6) is 11.5 Å². The van der Waals surface area contributed by atoms with Crippen LogP contribution in [0, 0.1) is 0 Å². The van der Waals surface area contributed by atoms with Crippen molar-refractivity contribution in [3.63, 3.8) is 0 Å². The maximum Gasteiger partial charge on any atom is 0.266 e. The molecule has 0 bridgehead atoms. The molecular formula is C19H18N2O3S. The first kappa shape index (κ1) is 17.0. The van der Waals surface area contributed by atoms with Gasteiger partial charge in [0.05, 0.1) is 12.8 Å². The molecular weight excluding hydrogens is 336 g/mol. The fourth-order valence-electron chi connectivity index (χ4n) is 2.21. The number of nitrogens with one attached hydrogen (secondary N) is 1. The highest BCUT2D eigenvalue weighted by Gasteiger charge is 2.17. The molecule has 128 valence electrons. The van der Waals surface area contributed by atoms with E-state index >= 15 is 0 Å². The van der Waals surface area contributed by atoms with Crippen molar-refractivity contribution in [1.82, 2.24) is 4.98 Å². The van der Waals surface area contributed by atoms with Crippen LogP contribution in [-0.2, 0) is 4.79 Å². The fourth-order valence-corrected chi connectivity index (χ4v) is 2.93. The molecule has 0 aliphatic heterocycles. The molecule has 1 atom stereocenters. The molecule has 1 amide bonds. The van der Waals surface area contributed by atoms with Crippen LogP contribution >= 0.6 is 11.3 Å². The van der Waals surface area contributed by atoms with E-state index < -0.39 is 6.10 Å². The van der Waals surface area contributed by atoms with Gasteiger partial charge in [-0.05, 0) is 19.1 Å². The topological polar surface area (TPSA) is 60.5 Å². The van der Waals surface area contributed by atoms with Crippen molar-refractivity contribution in [2.24, 2.45) is 0 Å². The molecule has 0 saturated heterocycles. The normalized spacial score (nSPS) is 11.6. The predicted molar refractivity (Wildman–Crippen MR) is 99.3 cm³/mol. The number of hydrogen-bond donors (Lipinski definition) is 1. The van der Waals surface area contributed by atoms with E-state index in [1.165, 1.54) is 11.3 Å². The molecule has 25 heavy (non-hydrogen) atoms. The quantitative estimate of drug-likeness (QED) is 0.720. The summed E-state index contributed by atoms with van der Waals surface area (Å²) in [5.74, 6) is 1.00. The summed E-state index contributed by atoms with van der Waals surface area (Å²) in [6, 6.07) is 17.0. The van der Waals surface area contributed by atoms with E-state index in [9.17, 15) is 4.79 Å². The van der Waals surface area contributed by atoms with Crippen molar-refractivity contribution in [3.8, 4) is 22.8 Å². The molecule has 6 heteroatoms. The van der Waals surface area contributed by atoms with Gasteiger partial charge in [0.2, 0.25) is 0 Å². The van der Waals surface area contributed by atoms with Crippen LogP contribution in [0.15, 0.2) is 60.0 Å². The minimum Gasteiger partial charge on any atom is -0.497 e. The van der Waals surface area contributed by atoms with Gasteiger partial charge in [0, 0.05) is 17.0 Å². The second-order valence-electron chi connectivity index (χ2n) is 5.33. The Bertz CT molecular complexity index is 849. The second kappa shape index (κ2) is 7.81. The van der Waals surface area contributed by atoms with Crippen molar-refractivity contribution in [1.29, 1.82) is 0 Å². The number of aromatic nitrogens is 1. The average Bonchev–Trinajstić information content (AvgIpc) is 3.11. The van der Waals surface area contributed by atoms with Crippen LogP contribution in [0.2, 0.25) is 0 Å². The Morgan fingerprint density at radius 1 is 1.12 bits per heavy atom. The lowest BCUT2D eigenvalue weighted by Crippen LogP contribution is -2.30. The number of carbonyl (C=O) groups is 1. The third-order valence-corrected chi connectivity index (χ3v) is 4.28.